The van der Waals surface area contributed by atoms with E-state index in [1.807, 2.05) is 0 Å². The van der Waals surface area contributed by atoms with Gasteiger partial charge in [0.25, 0.3) is 0 Å². The van der Waals surface area contributed by atoms with Gasteiger partial charge in [0, 0.05) is 12.5 Å². The van der Waals surface area contributed by atoms with Gasteiger partial charge < -0.3 is 14.6 Å². The van der Waals surface area contributed by atoms with Gasteiger partial charge >= 0.3 is 5.97 Å². The maximum atomic E-state index is 11.8. The lowest BCUT2D eigenvalue weighted by atomic mass is 9.77. The minimum Gasteiger partial charge on any atom is -0.504 e. The molecule has 1 aliphatic rings. The fourth-order valence-corrected chi connectivity index (χ4v) is 1.79. The molecule has 5 heteroatoms. The number of methoxy groups -OCH3 is 1. The van der Waals surface area contributed by atoms with Crippen LogP contribution in [0.2, 0.25) is 0 Å². The number of hydrogen-bond acceptors (Lipinski definition) is 5. The lowest BCUT2D eigenvalue weighted by molar-refractivity contribution is -0.137. The van der Waals surface area contributed by atoms with Crippen molar-refractivity contribution in [3.63, 3.8) is 0 Å². The van der Waals surface area contributed by atoms with Crippen molar-refractivity contribution in [1.82, 2.24) is 0 Å². The van der Waals surface area contributed by atoms with Gasteiger partial charge in [-0.05, 0) is 19.9 Å². The van der Waals surface area contributed by atoms with Gasteiger partial charge in [0.2, 0.25) is 0 Å². The fourth-order valence-electron chi connectivity index (χ4n) is 1.79. The molecule has 0 bridgehead atoms. The van der Waals surface area contributed by atoms with Crippen LogP contribution in [-0.4, -0.2) is 30.6 Å². The van der Waals surface area contributed by atoms with E-state index in [1.165, 1.54) is 32.3 Å². The largest absolute Gasteiger partial charge is 0.504 e. The summed E-state index contributed by atoms with van der Waals surface area (Å²) in [5, 5.41) is 9.59. The second-order valence-electron chi connectivity index (χ2n) is 4.20. The van der Waals surface area contributed by atoms with E-state index in [0.717, 1.165) is 0 Å². The molecule has 1 rings (SSSR count). The average Bonchev–Trinajstić information content (AvgIpc) is 2.38. The second kappa shape index (κ2) is 6.22. The molecule has 0 amide bonds. The molecule has 0 aromatic carbocycles. The summed E-state index contributed by atoms with van der Waals surface area (Å²) in [6, 6.07) is 0. The van der Waals surface area contributed by atoms with Crippen LogP contribution in [0.1, 0.15) is 20.3 Å². The third-order valence-electron chi connectivity index (χ3n) is 2.98. The van der Waals surface area contributed by atoms with Crippen molar-refractivity contribution in [3.05, 3.63) is 35.8 Å². The highest BCUT2D eigenvalue weighted by molar-refractivity contribution is 5.90. The van der Waals surface area contributed by atoms with E-state index < -0.39 is 11.4 Å². The third kappa shape index (κ3) is 3.47. The quantitative estimate of drug-likeness (QED) is 0.609. The molecule has 0 spiro atoms. The predicted octanol–water partition coefficient (Wildman–Crippen LogP) is 2.06. The minimum atomic E-state index is -0.982. The molecule has 1 N–H and O–H groups in total. The van der Waals surface area contributed by atoms with Gasteiger partial charge in [0.05, 0.1) is 19.1 Å². The van der Waals surface area contributed by atoms with Crippen molar-refractivity contribution in [3.8, 4) is 0 Å². The summed E-state index contributed by atoms with van der Waals surface area (Å²) in [5.41, 5.74) is -0.982. The number of Topliss-reactive ketones (excluding diaryl/α,β-unsaturated/α-hetero) is 1. The Morgan fingerprint density at radius 2 is 2.21 bits per heavy atom. The Hall–Kier alpha value is -2.04. The van der Waals surface area contributed by atoms with Crippen molar-refractivity contribution in [2.24, 2.45) is 5.41 Å². The smallest absolute Gasteiger partial charge is 0.330 e. The summed E-state index contributed by atoms with van der Waals surface area (Å²) in [6.07, 6.45) is 5.85. The normalized spacial score (nSPS) is 22.7. The van der Waals surface area contributed by atoms with E-state index in [0.29, 0.717) is 5.76 Å². The van der Waals surface area contributed by atoms with E-state index in [4.69, 9.17) is 9.47 Å². The summed E-state index contributed by atoms with van der Waals surface area (Å²) < 4.78 is 9.82. The number of hydrogen-bond donors (Lipinski definition) is 1. The zero-order valence-corrected chi connectivity index (χ0v) is 11.3. The second-order valence-corrected chi connectivity index (χ2v) is 4.20. The minimum absolute atomic E-state index is 0.0103. The van der Waals surface area contributed by atoms with Gasteiger partial charge in [0.15, 0.2) is 5.76 Å². The first-order valence-corrected chi connectivity index (χ1v) is 5.97. The Morgan fingerprint density at radius 3 is 2.74 bits per heavy atom. The number of carbonyl (C=O) groups is 2. The molecule has 5 nitrogen and oxygen atoms in total. The number of carbonyl (C=O) groups excluding carboxylic acids is 2. The number of aliphatic hydroxyl groups is 1. The topological polar surface area (TPSA) is 72.8 Å². The van der Waals surface area contributed by atoms with Crippen LogP contribution >= 0.6 is 0 Å². The van der Waals surface area contributed by atoms with Crippen molar-refractivity contribution < 1.29 is 24.2 Å². The van der Waals surface area contributed by atoms with E-state index in [-0.39, 0.29) is 24.6 Å². The summed E-state index contributed by atoms with van der Waals surface area (Å²) in [5.74, 6) is -0.351. The van der Waals surface area contributed by atoms with Crippen LogP contribution in [0.3, 0.4) is 0 Å². The van der Waals surface area contributed by atoms with Crippen LogP contribution in [0.25, 0.3) is 0 Å². The molecule has 19 heavy (non-hydrogen) atoms. The first-order chi connectivity index (χ1) is 8.95. The molecule has 0 aromatic heterocycles. The molecule has 1 aliphatic carbocycles. The van der Waals surface area contributed by atoms with Gasteiger partial charge in [0.1, 0.15) is 11.5 Å². The molecule has 1 unspecified atom stereocenters. The Morgan fingerprint density at radius 1 is 1.53 bits per heavy atom. The van der Waals surface area contributed by atoms with Crippen molar-refractivity contribution >= 4 is 11.8 Å². The lowest BCUT2D eigenvalue weighted by Gasteiger charge is -2.28. The first kappa shape index (κ1) is 15.0. The summed E-state index contributed by atoms with van der Waals surface area (Å²) >= 11 is 0. The standard InChI is InChI=1S/C14H18O5/c1-4-19-13(17)6-8-14(10(2)15)7-5-11(16)12(9-14)18-3/h5-8,16H,4,9H2,1-3H3/b8-6+. The zero-order valence-electron chi connectivity index (χ0n) is 11.3. The third-order valence-corrected chi connectivity index (χ3v) is 2.98. The number of ketones is 1. The van der Waals surface area contributed by atoms with E-state index in [9.17, 15) is 14.7 Å². The zero-order chi connectivity index (χ0) is 14.5. The summed E-state index contributed by atoms with van der Waals surface area (Å²) in [7, 11) is 1.42. The Kier molecular flexibility index (Phi) is 4.92. The Labute approximate surface area is 112 Å². The number of rotatable bonds is 5. The average molecular weight is 266 g/mol. The van der Waals surface area contributed by atoms with E-state index >= 15 is 0 Å². The monoisotopic (exact) mass is 266 g/mol. The number of ether oxygens (including phenoxy) is 2. The van der Waals surface area contributed by atoms with Gasteiger partial charge in [-0.25, -0.2) is 4.79 Å². The Balaban J connectivity index is 3.00. The maximum absolute atomic E-state index is 11.8. The lowest BCUT2D eigenvalue weighted by Crippen LogP contribution is -2.28. The molecule has 0 radical (unpaired) electrons. The molecule has 0 aromatic rings. The molecule has 0 saturated carbocycles. The molecular weight excluding hydrogens is 248 g/mol. The first-order valence-electron chi connectivity index (χ1n) is 5.97. The SMILES string of the molecule is CCOC(=O)/C=C/C1(C(C)=O)C=CC(O)=C(OC)C1. The van der Waals surface area contributed by atoms with Crippen LogP contribution in [0, 0.1) is 5.41 Å². The highest BCUT2D eigenvalue weighted by Crippen LogP contribution is 2.36. The van der Waals surface area contributed by atoms with Crippen LogP contribution in [0.15, 0.2) is 35.8 Å². The van der Waals surface area contributed by atoms with Gasteiger partial charge in [-0.3, -0.25) is 4.79 Å². The molecule has 104 valence electrons. The van der Waals surface area contributed by atoms with E-state index in [1.54, 1.807) is 13.0 Å². The molecule has 1 atom stereocenters. The highest BCUT2D eigenvalue weighted by Gasteiger charge is 2.35. The molecule has 0 heterocycles. The summed E-state index contributed by atoms with van der Waals surface area (Å²) in [6.45, 7) is 3.41. The van der Waals surface area contributed by atoms with Crippen LogP contribution in [0.5, 0.6) is 0 Å². The van der Waals surface area contributed by atoms with Crippen LogP contribution in [-0.2, 0) is 19.1 Å². The number of esters is 1. The Bertz CT molecular complexity index is 458. The van der Waals surface area contributed by atoms with E-state index in [2.05, 4.69) is 0 Å². The highest BCUT2D eigenvalue weighted by atomic mass is 16.5. The van der Waals surface area contributed by atoms with Gasteiger partial charge in [-0.15, -0.1) is 0 Å². The maximum Gasteiger partial charge on any atom is 0.330 e. The number of aliphatic hydroxyl groups excluding tert-OH is 1. The molecule has 0 fully saturated rings. The van der Waals surface area contributed by atoms with Crippen molar-refractivity contribution in [2.75, 3.05) is 13.7 Å². The molecule has 0 saturated heterocycles. The van der Waals surface area contributed by atoms with Gasteiger partial charge in [-0.1, -0.05) is 12.2 Å². The van der Waals surface area contributed by atoms with Crippen molar-refractivity contribution in [1.29, 1.82) is 0 Å². The predicted molar refractivity (Wildman–Crippen MR) is 69.3 cm³/mol. The van der Waals surface area contributed by atoms with Gasteiger partial charge in [-0.2, -0.15) is 0 Å². The van der Waals surface area contributed by atoms with Crippen molar-refractivity contribution in [2.45, 2.75) is 20.3 Å². The van der Waals surface area contributed by atoms with Crippen LogP contribution < -0.4 is 0 Å². The van der Waals surface area contributed by atoms with Crippen LogP contribution in [0.4, 0.5) is 0 Å². The molecular formula is C14H18O5. The fraction of sp³-hybridized carbons (Fsp3) is 0.429. The number of allylic oxidation sites excluding steroid dienone is 4. The molecule has 0 aliphatic heterocycles. The summed E-state index contributed by atoms with van der Waals surface area (Å²) in [4.78, 5) is 23.2.